The lowest BCUT2D eigenvalue weighted by Gasteiger charge is -2.29. The molecule has 1 N–H and O–H groups in total. The van der Waals surface area contributed by atoms with Crippen molar-refractivity contribution in [2.75, 3.05) is 0 Å². The maximum absolute atomic E-state index is 9.88. The molecule has 1 aliphatic rings. The summed E-state index contributed by atoms with van der Waals surface area (Å²) in [5.74, 6) is 0.573. The topological polar surface area (TPSA) is 20.2 Å². The molecule has 0 aliphatic heterocycles. The SMILES string of the molecule is CCCCCCCCC1(C)CC=CC=C1O. The largest absolute Gasteiger partial charge is 0.512 e. The van der Waals surface area contributed by atoms with E-state index in [0.29, 0.717) is 5.76 Å². The molecule has 0 bridgehead atoms. The number of aliphatic hydroxyl groups is 1. The number of aliphatic hydroxyl groups excluding tert-OH is 1. The van der Waals surface area contributed by atoms with Gasteiger partial charge in [0, 0.05) is 5.41 Å². The fourth-order valence-corrected chi connectivity index (χ4v) is 2.32. The molecule has 0 fully saturated rings. The van der Waals surface area contributed by atoms with Crippen molar-refractivity contribution in [3.8, 4) is 0 Å². The van der Waals surface area contributed by atoms with E-state index in [1.54, 1.807) is 0 Å². The van der Waals surface area contributed by atoms with Gasteiger partial charge in [-0.15, -0.1) is 0 Å². The molecule has 1 nitrogen and oxygen atoms in total. The van der Waals surface area contributed by atoms with Crippen molar-refractivity contribution in [3.05, 3.63) is 24.0 Å². The molecule has 1 rings (SSSR count). The first-order valence-electron chi connectivity index (χ1n) is 6.75. The second kappa shape index (κ2) is 6.78. The molecular weight excluding hydrogens is 196 g/mol. The van der Waals surface area contributed by atoms with Crippen LogP contribution >= 0.6 is 0 Å². The summed E-state index contributed by atoms with van der Waals surface area (Å²) in [6.07, 6.45) is 16.0. The Kier molecular flexibility index (Phi) is 5.65. The Morgan fingerprint density at radius 1 is 1.19 bits per heavy atom. The van der Waals surface area contributed by atoms with E-state index in [4.69, 9.17) is 0 Å². The molecule has 0 radical (unpaired) electrons. The van der Waals surface area contributed by atoms with Gasteiger partial charge in [-0.05, 0) is 18.9 Å². The van der Waals surface area contributed by atoms with Gasteiger partial charge in [0.1, 0.15) is 0 Å². The van der Waals surface area contributed by atoms with Gasteiger partial charge in [0.25, 0.3) is 0 Å². The lowest BCUT2D eigenvalue weighted by molar-refractivity contribution is 0.216. The summed E-state index contributed by atoms with van der Waals surface area (Å²) < 4.78 is 0. The van der Waals surface area contributed by atoms with E-state index in [9.17, 15) is 5.11 Å². The smallest absolute Gasteiger partial charge is 0.0984 e. The molecule has 1 unspecified atom stereocenters. The van der Waals surface area contributed by atoms with Crippen molar-refractivity contribution < 1.29 is 5.11 Å². The van der Waals surface area contributed by atoms with Crippen molar-refractivity contribution in [1.82, 2.24) is 0 Å². The van der Waals surface area contributed by atoms with Gasteiger partial charge in [-0.3, -0.25) is 0 Å². The van der Waals surface area contributed by atoms with Gasteiger partial charge >= 0.3 is 0 Å². The third-order valence-corrected chi connectivity index (χ3v) is 3.66. The molecule has 1 heteroatoms. The van der Waals surface area contributed by atoms with Crippen molar-refractivity contribution in [3.63, 3.8) is 0 Å². The summed E-state index contributed by atoms with van der Waals surface area (Å²) in [6.45, 7) is 4.42. The minimum Gasteiger partial charge on any atom is -0.512 e. The highest BCUT2D eigenvalue weighted by Gasteiger charge is 2.28. The fraction of sp³-hybridized carbons (Fsp3) is 0.733. The van der Waals surface area contributed by atoms with Crippen molar-refractivity contribution in [2.45, 2.75) is 65.2 Å². The number of rotatable bonds is 7. The third-order valence-electron chi connectivity index (χ3n) is 3.66. The molecule has 0 heterocycles. The molecule has 0 aromatic heterocycles. The van der Waals surface area contributed by atoms with Gasteiger partial charge in [-0.1, -0.05) is 64.5 Å². The van der Waals surface area contributed by atoms with Gasteiger partial charge in [-0.2, -0.15) is 0 Å². The Morgan fingerprint density at radius 2 is 1.88 bits per heavy atom. The van der Waals surface area contributed by atoms with Gasteiger partial charge < -0.3 is 5.11 Å². The molecule has 0 saturated carbocycles. The van der Waals surface area contributed by atoms with Crippen LogP contribution in [0, 0.1) is 5.41 Å². The average Bonchev–Trinajstić information content (AvgIpc) is 2.28. The quantitative estimate of drug-likeness (QED) is 0.591. The zero-order chi connectivity index (χ0) is 11.9. The molecule has 92 valence electrons. The van der Waals surface area contributed by atoms with Crippen molar-refractivity contribution >= 4 is 0 Å². The van der Waals surface area contributed by atoms with Crippen LogP contribution in [0.3, 0.4) is 0 Å². The summed E-state index contributed by atoms with van der Waals surface area (Å²) >= 11 is 0. The predicted molar refractivity (Wildman–Crippen MR) is 70.6 cm³/mol. The number of hydrogen-bond acceptors (Lipinski definition) is 1. The van der Waals surface area contributed by atoms with Gasteiger partial charge in [-0.25, -0.2) is 0 Å². The minimum atomic E-state index is 0.0134. The van der Waals surface area contributed by atoms with Crippen LogP contribution in [-0.4, -0.2) is 5.11 Å². The Bertz CT molecular complexity index is 252. The predicted octanol–water partition coefficient (Wildman–Crippen LogP) is 5.15. The van der Waals surface area contributed by atoms with Crippen molar-refractivity contribution in [1.29, 1.82) is 0 Å². The first-order valence-corrected chi connectivity index (χ1v) is 6.75. The Morgan fingerprint density at radius 3 is 2.56 bits per heavy atom. The van der Waals surface area contributed by atoms with Crippen LogP contribution in [0.1, 0.15) is 65.2 Å². The minimum absolute atomic E-state index is 0.0134. The zero-order valence-electron chi connectivity index (χ0n) is 10.8. The molecule has 1 atom stereocenters. The lowest BCUT2D eigenvalue weighted by Crippen LogP contribution is -2.20. The zero-order valence-corrected chi connectivity index (χ0v) is 10.8. The van der Waals surface area contributed by atoms with Crippen LogP contribution in [0.15, 0.2) is 24.0 Å². The molecule has 0 aromatic rings. The van der Waals surface area contributed by atoms with Crippen LogP contribution < -0.4 is 0 Å². The first-order chi connectivity index (χ1) is 7.69. The second-order valence-corrected chi connectivity index (χ2v) is 5.26. The molecular formula is C15H26O. The molecule has 1 aliphatic carbocycles. The maximum atomic E-state index is 9.88. The summed E-state index contributed by atoms with van der Waals surface area (Å²) in [5.41, 5.74) is 0.0134. The van der Waals surface area contributed by atoms with Crippen LogP contribution in [0.5, 0.6) is 0 Å². The van der Waals surface area contributed by atoms with Gasteiger partial charge in [0.2, 0.25) is 0 Å². The molecule has 0 amide bonds. The van der Waals surface area contributed by atoms with E-state index < -0.39 is 0 Å². The lowest BCUT2D eigenvalue weighted by atomic mass is 9.77. The van der Waals surface area contributed by atoms with E-state index in [-0.39, 0.29) is 5.41 Å². The number of hydrogen-bond donors (Lipinski definition) is 1. The van der Waals surface area contributed by atoms with Gasteiger partial charge in [0.15, 0.2) is 0 Å². The van der Waals surface area contributed by atoms with E-state index >= 15 is 0 Å². The standard InChI is InChI=1S/C15H26O/c1-3-4-5-6-7-9-12-15(2)13-10-8-11-14(15)16/h8,10-11,16H,3-7,9,12-13H2,1-2H3. The third kappa shape index (κ3) is 4.03. The van der Waals surface area contributed by atoms with Crippen LogP contribution in [-0.2, 0) is 0 Å². The monoisotopic (exact) mass is 222 g/mol. The first kappa shape index (κ1) is 13.3. The van der Waals surface area contributed by atoms with Gasteiger partial charge in [0.05, 0.1) is 5.76 Å². The maximum Gasteiger partial charge on any atom is 0.0984 e. The molecule has 0 spiro atoms. The molecule has 16 heavy (non-hydrogen) atoms. The van der Waals surface area contributed by atoms with Crippen molar-refractivity contribution in [2.24, 2.45) is 5.41 Å². The summed E-state index contributed by atoms with van der Waals surface area (Å²) in [7, 11) is 0. The Labute approximate surface area is 100 Å². The number of allylic oxidation sites excluding steroid dienone is 4. The number of unbranched alkanes of at least 4 members (excludes halogenated alkanes) is 5. The van der Waals surface area contributed by atoms with E-state index in [0.717, 1.165) is 12.8 Å². The normalized spacial score (nSPS) is 24.5. The van der Waals surface area contributed by atoms with Crippen LogP contribution in [0.4, 0.5) is 0 Å². The van der Waals surface area contributed by atoms with E-state index in [1.165, 1.54) is 38.5 Å². The summed E-state index contributed by atoms with van der Waals surface area (Å²) in [5, 5.41) is 9.88. The highest BCUT2D eigenvalue weighted by molar-refractivity contribution is 5.20. The Hall–Kier alpha value is -0.720. The van der Waals surface area contributed by atoms with E-state index in [1.807, 2.05) is 12.2 Å². The second-order valence-electron chi connectivity index (χ2n) is 5.26. The Balaban J connectivity index is 2.17. The fourth-order valence-electron chi connectivity index (χ4n) is 2.32. The van der Waals surface area contributed by atoms with Crippen LogP contribution in [0.25, 0.3) is 0 Å². The average molecular weight is 222 g/mol. The van der Waals surface area contributed by atoms with Crippen LogP contribution in [0.2, 0.25) is 0 Å². The molecule has 0 aromatic carbocycles. The van der Waals surface area contributed by atoms with E-state index in [2.05, 4.69) is 19.9 Å². The highest BCUT2D eigenvalue weighted by atomic mass is 16.3. The summed E-state index contributed by atoms with van der Waals surface area (Å²) in [6, 6.07) is 0. The molecule has 0 saturated heterocycles. The highest BCUT2D eigenvalue weighted by Crippen LogP contribution is 2.37. The summed E-state index contributed by atoms with van der Waals surface area (Å²) in [4.78, 5) is 0.